The first-order chi connectivity index (χ1) is 12.8. The van der Waals surface area contributed by atoms with Gasteiger partial charge in [0.1, 0.15) is 0 Å². The van der Waals surface area contributed by atoms with E-state index in [-0.39, 0.29) is 16.5 Å². The second kappa shape index (κ2) is 33.5. The number of rotatable bonds is 20. The molecule has 1 heteroatoms. The van der Waals surface area contributed by atoms with Crippen LogP contribution in [-0.2, 0) is 16.5 Å². The zero-order valence-corrected chi connectivity index (χ0v) is 19.8. The zero-order chi connectivity index (χ0) is 19.6. The minimum absolute atomic E-state index is 0. The summed E-state index contributed by atoms with van der Waals surface area (Å²) in [5.74, 6) is 0. The predicted octanol–water partition coefficient (Wildman–Crippen LogP) is 9.79. The van der Waals surface area contributed by atoms with E-state index in [1.807, 2.05) is 0 Å². The molecule has 0 rings (SSSR count). The quantitative estimate of drug-likeness (QED) is 0.104. The van der Waals surface area contributed by atoms with Gasteiger partial charge in [0.15, 0.2) is 0 Å². The molecule has 0 aromatic rings. The van der Waals surface area contributed by atoms with Crippen molar-refractivity contribution in [3.05, 3.63) is 25.3 Å². The third kappa shape index (κ3) is 37.4. The molecule has 0 radical (unpaired) electrons. The van der Waals surface area contributed by atoms with Crippen LogP contribution in [0.4, 0.5) is 0 Å². The average molecular weight is 421 g/mol. The van der Waals surface area contributed by atoms with Gasteiger partial charge < -0.3 is 13.2 Å². The normalized spacial score (nSPS) is 9.85. The van der Waals surface area contributed by atoms with Crippen molar-refractivity contribution in [2.45, 2.75) is 142 Å². The van der Waals surface area contributed by atoms with Crippen molar-refractivity contribution >= 4 is 0 Å². The van der Waals surface area contributed by atoms with Crippen molar-refractivity contribution in [2.24, 2.45) is 0 Å². The van der Waals surface area contributed by atoms with Gasteiger partial charge in [0.2, 0.25) is 0 Å². The average Bonchev–Trinajstić information content (AvgIpc) is 2.66. The molecular weight excluding hydrogens is 371 g/mol. The van der Waals surface area contributed by atoms with Gasteiger partial charge in [-0.2, -0.15) is 0 Å². The van der Waals surface area contributed by atoms with Gasteiger partial charge in [-0.05, 0) is 0 Å². The standard InChI is InChI=1S/2C13H25.Ni/c2*1-3-5-7-9-11-13-12-10-8-6-4-2;/h2*1,3H,4-13H2,2H3;/q2*-1;+2. The summed E-state index contributed by atoms with van der Waals surface area (Å²) >= 11 is 0. The molecule has 0 atom stereocenters. The van der Waals surface area contributed by atoms with Crippen molar-refractivity contribution in [1.29, 1.82) is 0 Å². The summed E-state index contributed by atoms with van der Waals surface area (Å²) in [6, 6.07) is 0. The maximum Gasteiger partial charge on any atom is 2.00 e. The molecule has 164 valence electrons. The number of unbranched alkanes of at least 4 members (excludes halogenated alkanes) is 18. The van der Waals surface area contributed by atoms with Gasteiger partial charge in [-0.3, -0.25) is 12.2 Å². The van der Waals surface area contributed by atoms with Crippen molar-refractivity contribution in [3.63, 3.8) is 0 Å². The maximum absolute atomic E-state index is 5.30. The molecule has 0 bridgehead atoms. The summed E-state index contributed by atoms with van der Waals surface area (Å²) in [6.07, 6.45) is 30.9. The van der Waals surface area contributed by atoms with Crippen LogP contribution >= 0.6 is 0 Å². The van der Waals surface area contributed by atoms with Crippen LogP contribution in [0.2, 0.25) is 0 Å². The van der Waals surface area contributed by atoms with Crippen LogP contribution in [0, 0.1) is 13.2 Å². The summed E-state index contributed by atoms with van der Waals surface area (Å²) in [5, 5.41) is 0. The fraction of sp³-hybridized carbons (Fsp3) is 0.846. The van der Waals surface area contributed by atoms with E-state index in [0.29, 0.717) is 0 Å². The molecule has 0 aliphatic carbocycles. The molecule has 0 spiro atoms. The molecule has 27 heavy (non-hydrogen) atoms. The van der Waals surface area contributed by atoms with Crippen molar-refractivity contribution in [1.82, 2.24) is 0 Å². The van der Waals surface area contributed by atoms with Gasteiger partial charge in [-0.25, -0.2) is 0 Å². The fourth-order valence-corrected chi connectivity index (χ4v) is 3.15. The van der Waals surface area contributed by atoms with Crippen molar-refractivity contribution in [3.8, 4) is 0 Å². The molecule has 0 N–H and O–H groups in total. The molecule has 0 fully saturated rings. The summed E-state index contributed by atoms with van der Waals surface area (Å²) in [7, 11) is 0. The summed E-state index contributed by atoms with van der Waals surface area (Å²) < 4.78 is 0. The fourth-order valence-electron chi connectivity index (χ4n) is 3.15. The number of allylic oxidation sites excluding steroid dienone is 2. The monoisotopic (exact) mass is 420 g/mol. The molecule has 0 saturated heterocycles. The van der Waals surface area contributed by atoms with E-state index in [1.165, 1.54) is 116 Å². The van der Waals surface area contributed by atoms with Gasteiger partial charge in [-0.1, -0.05) is 142 Å². The molecule has 0 unspecified atom stereocenters. The van der Waals surface area contributed by atoms with Crippen LogP contribution in [0.1, 0.15) is 142 Å². The Morgan fingerprint density at radius 2 is 0.630 bits per heavy atom. The van der Waals surface area contributed by atoms with E-state index in [2.05, 4.69) is 13.8 Å². The minimum atomic E-state index is 0. The number of hydrogen-bond acceptors (Lipinski definition) is 0. The molecule has 0 aliphatic heterocycles. The zero-order valence-electron chi connectivity index (χ0n) is 18.8. The Bertz CT molecular complexity index is 221. The summed E-state index contributed by atoms with van der Waals surface area (Å²) in [4.78, 5) is 0. The molecule has 0 aromatic heterocycles. The van der Waals surface area contributed by atoms with E-state index in [0.717, 1.165) is 12.8 Å². The summed E-state index contributed by atoms with van der Waals surface area (Å²) in [5.41, 5.74) is 0. The second-order valence-electron chi connectivity index (χ2n) is 7.71. The molecule has 0 nitrogen and oxygen atoms in total. The van der Waals surface area contributed by atoms with E-state index in [1.54, 1.807) is 12.2 Å². The molecule has 0 amide bonds. The first-order valence-electron chi connectivity index (χ1n) is 11.9. The SMILES string of the molecule is [CH-]=CCCCCCCCCCCC.[CH-]=CCCCCCCCCCCC.[Ni+2]. The first kappa shape index (κ1) is 31.7. The number of hydrogen-bond donors (Lipinski definition) is 0. The van der Waals surface area contributed by atoms with Gasteiger partial charge >= 0.3 is 16.5 Å². The second-order valence-corrected chi connectivity index (χ2v) is 7.71. The topological polar surface area (TPSA) is 0 Å². The van der Waals surface area contributed by atoms with Crippen molar-refractivity contribution < 1.29 is 16.5 Å². The van der Waals surface area contributed by atoms with E-state index < -0.39 is 0 Å². The third-order valence-corrected chi connectivity index (χ3v) is 4.95. The van der Waals surface area contributed by atoms with Crippen LogP contribution in [-0.4, -0.2) is 0 Å². The molecular formula is C26H50Ni. The Morgan fingerprint density at radius 3 is 0.852 bits per heavy atom. The van der Waals surface area contributed by atoms with Crippen LogP contribution in [0.15, 0.2) is 12.2 Å². The van der Waals surface area contributed by atoms with Gasteiger partial charge in [0, 0.05) is 0 Å². The third-order valence-electron chi connectivity index (χ3n) is 4.95. The molecule has 0 saturated carbocycles. The van der Waals surface area contributed by atoms with E-state index in [4.69, 9.17) is 13.2 Å². The van der Waals surface area contributed by atoms with E-state index >= 15 is 0 Å². The first-order valence-corrected chi connectivity index (χ1v) is 11.9. The Kier molecular flexibility index (Phi) is 39.3. The van der Waals surface area contributed by atoms with Crippen LogP contribution in [0.5, 0.6) is 0 Å². The molecule has 0 heterocycles. The molecule has 0 aliphatic rings. The van der Waals surface area contributed by atoms with Gasteiger partial charge in [-0.15, -0.1) is 0 Å². The Balaban J connectivity index is -0.000000411. The largest absolute Gasteiger partial charge is 2.00 e. The maximum atomic E-state index is 5.30. The Morgan fingerprint density at radius 1 is 0.407 bits per heavy atom. The van der Waals surface area contributed by atoms with Crippen LogP contribution in [0.3, 0.4) is 0 Å². The predicted molar refractivity (Wildman–Crippen MR) is 121 cm³/mol. The summed E-state index contributed by atoms with van der Waals surface area (Å²) in [6.45, 7) is 15.1. The smallest absolute Gasteiger partial charge is 0.518 e. The Labute approximate surface area is 184 Å². The molecule has 0 aromatic carbocycles. The van der Waals surface area contributed by atoms with E-state index in [9.17, 15) is 0 Å². The van der Waals surface area contributed by atoms with Gasteiger partial charge in [0.05, 0.1) is 0 Å². The minimum Gasteiger partial charge on any atom is -0.518 e. The van der Waals surface area contributed by atoms with Crippen LogP contribution < -0.4 is 0 Å². The van der Waals surface area contributed by atoms with Crippen molar-refractivity contribution in [2.75, 3.05) is 0 Å². The van der Waals surface area contributed by atoms with Crippen LogP contribution in [0.25, 0.3) is 0 Å². The van der Waals surface area contributed by atoms with Gasteiger partial charge in [0.25, 0.3) is 0 Å². The Hall–Kier alpha value is -0.0265.